The second kappa shape index (κ2) is 6.17. The van der Waals surface area contributed by atoms with Crippen LogP contribution in [-0.2, 0) is 14.2 Å². The molecule has 0 bridgehead atoms. The van der Waals surface area contributed by atoms with Gasteiger partial charge < -0.3 is 14.2 Å². The molecule has 12 heavy (non-hydrogen) atoms. The van der Waals surface area contributed by atoms with Crippen molar-refractivity contribution < 1.29 is 14.2 Å². The van der Waals surface area contributed by atoms with E-state index in [-0.39, 0.29) is 0 Å². The fourth-order valence-corrected chi connectivity index (χ4v) is 0.848. The van der Waals surface area contributed by atoms with E-state index in [0.717, 1.165) is 12.8 Å². The monoisotopic (exact) mass is 174 g/mol. The number of allylic oxidation sites excluding steroid dienone is 1. The van der Waals surface area contributed by atoms with Crippen LogP contribution in [0, 0.1) is 0 Å². The maximum Gasteiger partial charge on any atom is 0.303 e. The Kier molecular flexibility index (Phi) is 5.98. The first-order valence-corrected chi connectivity index (χ1v) is 4.07. The second-order valence-electron chi connectivity index (χ2n) is 2.41. The first kappa shape index (κ1) is 11.6. The molecule has 0 aliphatic rings. The van der Waals surface area contributed by atoms with E-state index in [1.807, 2.05) is 6.08 Å². The summed E-state index contributed by atoms with van der Waals surface area (Å²) >= 11 is 0. The Balaban J connectivity index is 4.09. The van der Waals surface area contributed by atoms with Gasteiger partial charge in [-0.2, -0.15) is 0 Å². The van der Waals surface area contributed by atoms with E-state index in [2.05, 4.69) is 6.92 Å². The quantitative estimate of drug-likeness (QED) is 0.455. The van der Waals surface area contributed by atoms with Crippen LogP contribution >= 0.6 is 0 Å². The Morgan fingerprint density at radius 2 is 1.58 bits per heavy atom. The summed E-state index contributed by atoms with van der Waals surface area (Å²) in [5, 5.41) is 0. The van der Waals surface area contributed by atoms with Crippen LogP contribution in [0.15, 0.2) is 12.2 Å². The highest BCUT2D eigenvalue weighted by atomic mass is 16.9. The summed E-state index contributed by atoms with van der Waals surface area (Å²) in [6.45, 7) is 2.11. The molecular formula is C9H18O3. The van der Waals surface area contributed by atoms with Crippen LogP contribution in [0.1, 0.15) is 19.8 Å². The average Bonchev–Trinajstić information content (AvgIpc) is 2.14. The highest BCUT2D eigenvalue weighted by molar-refractivity contribution is 4.90. The molecular weight excluding hydrogens is 156 g/mol. The van der Waals surface area contributed by atoms with E-state index in [0.29, 0.717) is 0 Å². The van der Waals surface area contributed by atoms with Gasteiger partial charge in [-0.25, -0.2) is 0 Å². The SMILES string of the molecule is CCC/C=C/C(OC)(OC)OC. The third-order valence-electron chi connectivity index (χ3n) is 1.63. The first-order chi connectivity index (χ1) is 5.74. The number of rotatable bonds is 6. The zero-order valence-corrected chi connectivity index (χ0v) is 8.29. The summed E-state index contributed by atoms with van der Waals surface area (Å²) in [5.74, 6) is -1.00. The number of ether oxygens (including phenoxy) is 3. The van der Waals surface area contributed by atoms with Crippen LogP contribution in [0.2, 0.25) is 0 Å². The van der Waals surface area contributed by atoms with Crippen molar-refractivity contribution in [2.45, 2.75) is 25.7 Å². The van der Waals surface area contributed by atoms with E-state index >= 15 is 0 Å². The second-order valence-corrected chi connectivity index (χ2v) is 2.41. The van der Waals surface area contributed by atoms with Crippen molar-refractivity contribution in [3.63, 3.8) is 0 Å². The van der Waals surface area contributed by atoms with Gasteiger partial charge >= 0.3 is 5.97 Å². The molecule has 0 atom stereocenters. The van der Waals surface area contributed by atoms with Gasteiger partial charge in [0.2, 0.25) is 0 Å². The molecule has 0 N–H and O–H groups in total. The van der Waals surface area contributed by atoms with Gasteiger partial charge in [-0.05, 0) is 6.42 Å². The molecule has 0 radical (unpaired) electrons. The molecule has 0 aromatic rings. The van der Waals surface area contributed by atoms with Crippen LogP contribution in [0.3, 0.4) is 0 Å². The van der Waals surface area contributed by atoms with Gasteiger partial charge in [0.15, 0.2) is 0 Å². The van der Waals surface area contributed by atoms with E-state index in [1.54, 1.807) is 27.4 Å². The molecule has 0 fully saturated rings. The molecule has 0 unspecified atom stereocenters. The molecule has 0 aromatic heterocycles. The lowest BCUT2D eigenvalue weighted by Gasteiger charge is -2.24. The lowest BCUT2D eigenvalue weighted by Crippen LogP contribution is -2.33. The third kappa shape index (κ3) is 3.34. The van der Waals surface area contributed by atoms with E-state index in [9.17, 15) is 0 Å². The van der Waals surface area contributed by atoms with E-state index in [1.165, 1.54) is 0 Å². The zero-order valence-electron chi connectivity index (χ0n) is 8.29. The van der Waals surface area contributed by atoms with Crippen LogP contribution in [0.25, 0.3) is 0 Å². The molecule has 3 heteroatoms. The molecule has 0 aromatic carbocycles. The Bertz CT molecular complexity index is 119. The summed E-state index contributed by atoms with van der Waals surface area (Å²) in [6, 6.07) is 0. The van der Waals surface area contributed by atoms with Gasteiger partial charge in [-0.3, -0.25) is 0 Å². The van der Waals surface area contributed by atoms with Crippen molar-refractivity contribution in [3.05, 3.63) is 12.2 Å². The van der Waals surface area contributed by atoms with Gasteiger partial charge in [-0.15, -0.1) is 0 Å². The molecule has 0 saturated heterocycles. The molecule has 0 heterocycles. The van der Waals surface area contributed by atoms with Gasteiger partial charge in [0.05, 0.1) is 0 Å². The molecule has 0 saturated carbocycles. The maximum absolute atomic E-state index is 5.05. The van der Waals surface area contributed by atoms with E-state index < -0.39 is 5.97 Å². The number of hydrogen-bond donors (Lipinski definition) is 0. The topological polar surface area (TPSA) is 27.7 Å². The smallest absolute Gasteiger partial charge is 0.303 e. The van der Waals surface area contributed by atoms with Crippen molar-refractivity contribution >= 4 is 0 Å². The molecule has 0 spiro atoms. The maximum atomic E-state index is 5.05. The van der Waals surface area contributed by atoms with Gasteiger partial charge in [0.25, 0.3) is 0 Å². The number of hydrogen-bond acceptors (Lipinski definition) is 3. The van der Waals surface area contributed by atoms with Gasteiger partial charge in [0.1, 0.15) is 0 Å². The lowest BCUT2D eigenvalue weighted by molar-refractivity contribution is -0.318. The first-order valence-electron chi connectivity index (χ1n) is 4.07. The largest absolute Gasteiger partial charge is 0.327 e. The highest BCUT2D eigenvalue weighted by Gasteiger charge is 2.24. The summed E-state index contributed by atoms with van der Waals surface area (Å²) in [5.41, 5.74) is 0. The van der Waals surface area contributed by atoms with Crippen molar-refractivity contribution in [1.82, 2.24) is 0 Å². The predicted molar refractivity (Wildman–Crippen MR) is 47.8 cm³/mol. The number of methoxy groups -OCH3 is 3. The highest BCUT2D eigenvalue weighted by Crippen LogP contribution is 2.14. The minimum Gasteiger partial charge on any atom is -0.327 e. The fourth-order valence-electron chi connectivity index (χ4n) is 0.848. The Labute approximate surface area is 74.3 Å². The van der Waals surface area contributed by atoms with Gasteiger partial charge in [-0.1, -0.05) is 19.4 Å². The zero-order chi connectivity index (χ0) is 9.45. The minimum absolute atomic E-state index is 0.998. The fraction of sp³-hybridized carbons (Fsp3) is 0.778. The molecule has 0 amide bonds. The summed E-state index contributed by atoms with van der Waals surface area (Å²) in [6.07, 6.45) is 5.86. The van der Waals surface area contributed by atoms with E-state index in [4.69, 9.17) is 14.2 Å². The molecule has 72 valence electrons. The molecule has 0 aliphatic carbocycles. The van der Waals surface area contributed by atoms with Crippen molar-refractivity contribution in [2.75, 3.05) is 21.3 Å². The summed E-state index contributed by atoms with van der Waals surface area (Å²) in [7, 11) is 4.63. The molecule has 3 nitrogen and oxygen atoms in total. The lowest BCUT2D eigenvalue weighted by atomic mass is 10.3. The Hall–Kier alpha value is -0.380. The minimum atomic E-state index is -1.00. The summed E-state index contributed by atoms with van der Waals surface area (Å²) in [4.78, 5) is 0. The Morgan fingerprint density at radius 3 is 1.92 bits per heavy atom. The predicted octanol–water partition coefficient (Wildman–Crippen LogP) is 1.94. The van der Waals surface area contributed by atoms with Crippen LogP contribution in [-0.4, -0.2) is 27.3 Å². The molecule has 0 rings (SSSR count). The molecule has 0 aliphatic heterocycles. The van der Waals surface area contributed by atoms with Crippen LogP contribution in [0.4, 0.5) is 0 Å². The van der Waals surface area contributed by atoms with Crippen molar-refractivity contribution in [3.8, 4) is 0 Å². The third-order valence-corrected chi connectivity index (χ3v) is 1.63. The average molecular weight is 174 g/mol. The van der Waals surface area contributed by atoms with Crippen LogP contribution in [0.5, 0.6) is 0 Å². The summed E-state index contributed by atoms with van der Waals surface area (Å²) < 4.78 is 15.2. The van der Waals surface area contributed by atoms with Gasteiger partial charge in [0, 0.05) is 27.4 Å². The number of unbranched alkanes of at least 4 members (excludes halogenated alkanes) is 1. The van der Waals surface area contributed by atoms with Crippen molar-refractivity contribution in [1.29, 1.82) is 0 Å². The standard InChI is InChI=1S/C9H18O3/c1-5-6-7-8-9(10-2,11-3)12-4/h7-8H,5-6H2,1-4H3/b8-7+. The van der Waals surface area contributed by atoms with Crippen LogP contribution < -0.4 is 0 Å². The Morgan fingerprint density at radius 1 is 1.08 bits per heavy atom. The normalized spacial score (nSPS) is 12.7. The van der Waals surface area contributed by atoms with Crippen molar-refractivity contribution in [2.24, 2.45) is 0 Å².